The predicted octanol–water partition coefficient (Wildman–Crippen LogP) is 3.13. The smallest absolute Gasteiger partial charge is 0.336 e. The van der Waals surface area contributed by atoms with E-state index in [0.29, 0.717) is 54.6 Å². The summed E-state index contributed by atoms with van der Waals surface area (Å²) in [6.07, 6.45) is 3.07. The summed E-state index contributed by atoms with van der Waals surface area (Å²) in [7, 11) is -7.31. The van der Waals surface area contributed by atoms with E-state index in [4.69, 9.17) is 0 Å². The van der Waals surface area contributed by atoms with Crippen LogP contribution in [0, 0.1) is 5.92 Å². The Balaban J connectivity index is 1.15. The molecule has 0 unspecified atom stereocenters. The van der Waals surface area contributed by atoms with Crippen molar-refractivity contribution < 1.29 is 36.9 Å². The predicted molar refractivity (Wildman–Crippen MR) is 166 cm³/mol. The van der Waals surface area contributed by atoms with Gasteiger partial charge < -0.3 is 25.2 Å². The van der Waals surface area contributed by atoms with Crippen LogP contribution in [0.1, 0.15) is 34.9 Å². The molecule has 5 N–H and O–H groups in total. The third kappa shape index (κ3) is 6.89. The first-order chi connectivity index (χ1) is 20.8. The van der Waals surface area contributed by atoms with E-state index in [1.165, 1.54) is 22.5 Å². The molecule has 0 aliphatic carbocycles. The van der Waals surface area contributed by atoms with Crippen molar-refractivity contribution in [3.8, 4) is 11.4 Å². The first-order valence-corrected chi connectivity index (χ1v) is 17.3. The van der Waals surface area contributed by atoms with Crippen LogP contribution in [0.25, 0.3) is 16.6 Å². The molecule has 1 saturated heterocycles. The molecule has 0 saturated carbocycles. The maximum Gasteiger partial charge on any atom is 0.336 e. The summed E-state index contributed by atoms with van der Waals surface area (Å²) in [5, 5.41) is 33.7. The molecule has 234 valence electrons. The molecule has 5 rings (SSSR count). The Morgan fingerprint density at radius 2 is 1.70 bits per heavy atom. The lowest BCUT2D eigenvalue weighted by molar-refractivity contribution is 0.0699. The molecule has 1 aliphatic heterocycles. The van der Waals surface area contributed by atoms with Gasteiger partial charge in [-0.3, -0.25) is 4.72 Å². The van der Waals surface area contributed by atoms with E-state index >= 15 is 0 Å². The molecule has 4 aromatic rings. The summed E-state index contributed by atoms with van der Waals surface area (Å²) in [6, 6.07) is 17.5. The number of carbonyl (C=O) groups is 1. The SMILES string of the molecule is CS(=O)(=O)Nc1cc([C@H](O)CNCC2CCN(S(=O)(=O)c3ccc(-n4ccc5c(C(=O)O)cccc54)cc3)CC2)ccc1O. The van der Waals surface area contributed by atoms with Gasteiger partial charge in [0.2, 0.25) is 20.0 Å². The van der Waals surface area contributed by atoms with Crippen molar-refractivity contribution in [3.63, 3.8) is 0 Å². The Hall–Kier alpha value is -3.95. The minimum Gasteiger partial charge on any atom is -0.506 e. The second-order valence-corrected chi connectivity index (χ2v) is 14.6. The highest BCUT2D eigenvalue weighted by atomic mass is 32.2. The lowest BCUT2D eigenvalue weighted by atomic mass is 9.98. The number of aromatic nitrogens is 1. The quantitative estimate of drug-likeness (QED) is 0.154. The van der Waals surface area contributed by atoms with Crippen LogP contribution in [0.3, 0.4) is 0 Å². The highest BCUT2D eigenvalue weighted by molar-refractivity contribution is 7.92. The molecule has 0 radical (unpaired) electrons. The summed E-state index contributed by atoms with van der Waals surface area (Å²) in [5.74, 6) is -1.06. The minimum atomic E-state index is -3.71. The average molecular weight is 643 g/mol. The summed E-state index contributed by atoms with van der Waals surface area (Å²) < 4.78 is 55.3. The standard InChI is InChI=1S/C30H34N4O8S2/c1-43(39,40)32-26-17-21(5-10-28(26)35)29(36)19-31-18-20-11-14-33(15-12-20)44(41,42)23-8-6-22(7-9-23)34-16-13-24-25(30(37)38)3-2-4-27(24)34/h2-10,13,16-17,20,29,31-32,35-36H,11-12,14-15,18-19H2,1H3,(H,37,38)/t29-/m1/s1. The average Bonchev–Trinajstić information content (AvgIpc) is 3.42. The van der Waals surface area contributed by atoms with Crippen LogP contribution in [0.15, 0.2) is 77.8 Å². The summed E-state index contributed by atoms with van der Waals surface area (Å²) in [4.78, 5) is 11.7. The Bertz CT molecular complexity index is 1880. The van der Waals surface area contributed by atoms with E-state index < -0.39 is 32.1 Å². The molecule has 0 bridgehead atoms. The number of aliphatic hydroxyl groups excluding tert-OH is 1. The monoisotopic (exact) mass is 642 g/mol. The van der Waals surface area contributed by atoms with E-state index in [0.717, 1.165) is 6.26 Å². The van der Waals surface area contributed by atoms with Gasteiger partial charge in [0, 0.05) is 36.9 Å². The van der Waals surface area contributed by atoms with Crippen LogP contribution in [-0.2, 0) is 20.0 Å². The van der Waals surface area contributed by atoms with Crippen LogP contribution < -0.4 is 10.0 Å². The van der Waals surface area contributed by atoms with Crippen molar-refractivity contribution in [3.05, 3.63) is 84.1 Å². The lowest BCUT2D eigenvalue weighted by Crippen LogP contribution is -2.41. The van der Waals surface area contributed by atoms with E-state index in [2.05, 4.69) is 10.0 Å². The maximum absolute atomic E-state index is 13.4. The Morgan fingerprint density at radius 1 is 1.00 bits per heavy atom. The largest absolute Gasteiger partial charge is 0.506 e. The zero-order valence-electron chi connectivity index (χ0n) is 23.9. The molecule has 1 fully saturated rings. The van der Waals surface area contributed by atoms with Gasteiger partial charge in [-0.2, -0.15) is 4.31 Å². The topological polar surface area (TPSA) is 178 Å². The number of hydrogen-bond donors (Lipinski definition) is 5. The zero-order chi connectivity index (χ0) is 31.6. The number of nitrogens with zero attached hydrogens (tertiary/aromatic N) is 2. The number of fused-ring (bicyclic) bond motifs is 1. The van der Waals surface area contributed by atoms with Crippen molar-refractivity contribution >= 4 is 42.6 Å². The number of piperidine rings is 1. The van der Waals surface area contributed by atoms with Gasteiger partial charge in [0.05, 0.1) is 34.0 Å². The van der Waals surface area contributed by atoms with Crippen LogP contribution in [0.2, 0.25) is 0 Å². The lowest BCUT2D eigenvalue weighted by Gasteiger charge is -2.31. The normalized spacial score (nSPS) is 15.8. The van der Waals surface area contributed by atoms with E-state index in [1.54, 1.807) is 48.7 Å². The Morgan fingerprint density at radius 3 is 2.36 bits per heavy atom. The molecule has 1 atom stereocenters. The van der Waals surface area contributed by atoms with Gasteiger partial charge in [0.25, 0.3) is 0 Å². The third-order valence-electron chi connectivity index (χ3n) is 7.76. The van der Waals surface area contributed by atoms with Crippen LogP contribution >= 0.6 is 0 Å². The number of carboxylic acids is 1. The highest BCUT2D eigenvalue weighted by Crippen LogP contribution is 2.29. The minimum absolute atomic E-state index is 0.0141. The molecular weight excluding hydrogens is 608 g/mol. The molecule has 14 heteroatoms. The second-order valence-electron chi connectivity index (χ2n) is 10.9. The first-order valence-electron chi connectivity index (χ1n) is 14.0. The fourth-order valence-corrected chi connectivity index (χ4v) is 7.48. The van der Waals surface area contributed by atoms with Gasteiger partial charge in [0.15, 0.2) is 0 Å². The zero-order valence-corrected chi connectivity index (χ0v) is 25.6. The van der Waals surface area contributed by atoms with Gasteiger partial charge in [-0.05, 0) is 85.5 Å². The third-order valence-corrected chi connectivity index (χ3v) is 10.3. The maximum atomic E-state index is 13.4. The van der Waals surface area contributed by atoms with Crippen molar-refractivity contribution in [2.45, 2.75) is 23.8 Å². The second kappa shape index (κ2) is 12.6. The molecule has 44 heavy (non-hydrogen) atoms. The van der Waals surface area contributed by atoms with E-state index in [-0.39, 0.29) is 34.4 Å². The number of nitrogens with one attached hydrogen (secondary N) is 2. The van der Waals surface area contributed by atoms with Gasteiger partial charge >= 0.3 is 5.97 Å². The molecule has 12 nitrogen and oxygen atoms in total. The van der Waals surface area contributed by atoms with E-state index in [1.807, 2.05) is 10.6 Å². The highest BCUT2D eigenvalue weighted by Gasteiger charge is 2.29. The van der Waals surface area contributed by atoms with Crippen molar-refractivity contribution in [2.75, 3.05) is 37.2 Å². The number of benzene rings is 3. The number of rotatable bonds is 11. The number of aromatic hydroxyl groups is 1. The number of phenolic OH excluding ortho intramolecular Hbond substituents is 1. The summed E-state index contributed by atoms with van der Waals surface area (Å²) in [6.45, 7) is 1.48. The molecule has 1 aromatic heterocycles. The van der Waals surface area contributed by atoms with Crippen molar-refractivity contribution in [2.24, 2.45) is 5.92 Å². The number of aromatic carboxylic acids is 1. The Labute approximate surface area is 255 Å². The van der Waals surface area contributed by atoms with Crippen LogP contribution in [0.5, 0.6) is 5.75 Å². The number of phenols is 1. The molecule has 0 spiro atoms. The molecule has 0 amide bonds. The number of hydrogen-bond acceptors (Lipinski definition) is 8. The summed E-state index contributed by atoms with van der Waals surface area (Å²) >= 11 is 0. The van der Waals surface area contributed by atoms with Gasteiger partial charge in [-0.25, -0.2) is 21.6 Å². The van der Waals surface area contributed by atoms with Crippen LogP contribution in [-0.4, -0.2) is 79.4 Å². The number of aliphatic hydroxyl groups is 1. The molecule has 3 aromatic carbocycles. The fourth-order valence-electron chi connectivity index (χ4n) is 5.45. The first kappa shape index (κ1) is 31.5. The van der Waals surface area contributed by atoms with Gasteiger partial charge in [0.1, 0.15) is 5.75 Å². The van der Waals surface area contributed by atoms with Crippen molar-refractivity contribution in [1.29, 1.82) is 0 Å². The van der Waals surface area contributed by atoms with E-state index in [9.17, 15) is 36.9 Å². The van der Waals surface area contributed by atoms with Gasteiger partial charge in [-0.15, -0.1) is 0 Å². The van der Waals surface area contributed by atoms with Crippen molar-refractivity contribution in [1.82, 2.24) is 14.2 Å². The van der Waals surface area contributed by atoms with Crippen LogP contribution in [0.4, 0.5) is 5.69 Å². The number of sulfonamides is 2. The summed E-state index contributed by atoms with van der Waals surface area (Å²) in [5.41, 5.74) is 2.04. The Kier molecular flexibility index (Phi) is 9.00. The number of carboxylic acid groups (broad SMARTS) is 1. The fraction of sp³-hybridized carbons (Fsp3) is 0.300. The molecular formula is C30H34N4O8S2. The van der Waals surface area contributed by atoms with Gasteiger partial charge in [-0.1, -0.05) is 12.1 Å². The molecule has 2 heterocycles. The number of anilines is 1. The molecule has 1 aliphatic rings.